The van der Waals surface area contributed by atoms with Crippen LogP contribution in [0.2, 0.25) is 0 Å². The zero-order valence-corrected chi connectivity index (χ0v) is 15.1. The predicted molar refractivity (Wildman–Crippen MR) is 93.8 cm³/mol. The number of hydrogen-bond donors (Lipinski definition) is 2. The maximum Gasteiger partial charge on any atom is 0.220 e. The van der Waals surface area contributed by atoms with Gasteiger partial charge >= 0.3 is 0 Å². The molecule has 0 aliphatic rings. The molecule has 0 bridgehead atoms. The van der Waals surface area contributed by atoms with Gasteiger partial charge in [-0.15, -0.1) is 12.4 Å². The molecule has 0 fully saturated rings. The van der Waals surface area contributed by atoms with E-state index in [9.17, 15) is 4.79 Å². The van der Waals surface area contributed by atoms with Gasteiger partial charge in [0.15, 0.2) is 0 Å². The van der Waals surface area contributed by atoms with Crippen molar-refractivity contribution >= 4 is 18.3 Å². The van der Waals surface area contributed by atoms with E-state index in [0.29, 0.717) is 13.0 Å². The van der Waals surface area contributed by atoms with Gasteiger partial charge in [-0.1, -0.05) is 12.1 Å². The first-order chi connectivity index (χ1) is 9.81. The summed E-state index contributed by atoms with van der Waals surface area (Å²) in [5.74, 6) is 0.922. The summed E-state index contributed by atoms with van der Waals surface area (Å²) >= 11 is 0. The zero-order valence-electron chi connectivity index (χ0n) is 14.3. The van der Waals surface area contributed by atoms with Crippen LogP contribution in [-0.4, -0.2) is 25.1 Å². The molecule has 0 atom stereocenters. The summed E-state index contributed by atoms with van der Waals surface area (Å²) in [4.78, 5) is 11.8. The lowest BCUT2D eigenvalue weighted by molar-refractivity contribution is -0.121. The van der Waals surface area contributed by atoms with Crippen molar-refractivity contribution < 1.29 is 9.53 Å². The number of halogens is 1. The molecule has 4 nitrogen and oxygen atoms in total. The minimum absolute atomic E-state index is 0. The fourth-order valence-corrected chi connectivity index (χ4v) is 1.94. The number of aryl methyl sites for hydroxylation is 1. The van der Waals surface area contributed by atoms with Crippen molar-refractivity contribution in [2.24, 2.45) is 0 Å². The van der Waals surface area contributed by atoms with E-state index in [4.69, 9.17) is 4.74 Å². The fraction of sp³-hybridized carbons (Fsp3) is 0.588. The Morgan fingerprint density at radius 3 is 2.55 bits per heavy atom. The normalized spacial score (nSPS) is 10.8. The summed E-state index contributed by atoms with van der Waals surface area (Å²) in [6.45, 7) is 9.47. The van der Waals surface area contributed by atoms with Gasteiger partial charge in [-0.3, -0.25) is 4.79 Å². The monoisotopic (exact) mass is 328 g/mol. The Balaban J connectivity index is 0.00000441. The predicted octanol–water partition coefficient (Wildman–Crippen LogP) is 3.21. The first-order valence-corrected chi connectivity index (χ1v) is 7.51. The van der Waals surface area contributed by atoms with E-state index in [1.807, 2.05) is 52.9 Å². The molecule has 5 heteroatoms. The lowest BCUT2D eigenvalue weighted by Gasteiger charge is -2.23. The van der Waals surface area contributed by atoms with Crippen LogP contribution in [0.25, 0.3) is 0 Å². The molecule has 0 spiro atoms. The van der Waals surface area contributed by atoms with Crippen LogP contribution >= 0.6 is 12.4 Å². The van der Waals surface area contributed by atoms with Gasteiger partial charge < -0.3 is 15.4 Å². The number of nitrogens with one attached hydrogen (secondary N) is 2. The summed E-state index contributed by atoms with van der Waals surface area (Å²) in [5.41, 5.74) is 1.91. The molecule has 0 unspecified atom stereocenters. The number of rotatable bonds is 7. The van der Waals surface area contributed by atoms with Gasteiger partial charge in [-0.2, -0.15) is 0 Å². The highest BCUT2D eigenvalue weighted by atomic mass is 35.5. The van der Waals surface area contributed by atoms with Gasteiger partial charge in [0.2, 0.25) is 5.91 Å². The second-order valence-corrected chi connectivity index (χ2v) is 6.31. The van der Waals surface area contributed by atoms with E-state index in [0.717, 1.165) is 29.8 Å². The summed E-state index contributed by atoms with van der Waals surface area (Å²) in [6, 6.07) is 6.08. The third-order valence-electron chi connectivity index (χ3n) is 2.95. The van der Waals surface area contributed by atoms with E-state index in [2.05, 4.69) is 10.6 Å². The van der Waals surface area contributed by atoms with Crippen molar-refractivity contribution in [3.8, 4) is 5.75 Å². The molecular weight excluding hydrogens is 300 g/mol. The highest BCUT2D eigenvalue weighted by Crippen LogP contribution is 2.24. The standard InChI is InChI=1S/C17H28N2O2.ClH/c1-13-8-9-14(15(11-13)21-17(2,3)4)12-19-16(20)7-6-10-18-5;/h8-9,11,18H,6-7,10,12H2,1-5H3,(H,19,20);1H. The third-order valence-corrected chi connectivity index (χ3v) is 2.95. The topological polar surface area (TPSA) is 50.4 Å². The summed E-state index contributed by atoms with van der Waals surface area (Å²) < 4.78 is 5.98. The maximum absolute atomic E-state index is 11.8. The van der Waals surface area contributed by atoms with Crippen LogP contribution in [0.1, 0.15) is 44.7 Å². The van der Waals surface area contributed by atoms with E-state index in [-0.39, 0.29) is 23.9 Å². The second-order valence-electron chi connectivity index (χ2n) is 6.31. The number of hydrogen-bond acceptors (Lipinski definition) is 3. The first-order valence-electron chi connectivity index (χ1n) is 7.51. The van der Waals surface area contributed by atoms with E-state index in [1.165, 1.54) is 0 Å². The highest BCUT2D eigenvalue weighted by molar-refractivity contribution is 5.85. The number of carbonyl (C=O) groups is 1. The van der Waals surface area contributed by atoms with Crippen LogP contribution in [0.4, 0.5) is 0 Å². The first kappa shape index (κ1) is 20.7. The molecule has 0 saturated carbocycles. The molecule has 1 aromatic carbocycles. The van der Waals surface area contributed by atoms with Crippen molar-refractivity contribution in [1.29, 1.82) is 0 Å². The molecular formula is C17H29ClN2O2. The fourth-order valence-electron chi connectivity index (χ4n) is 1.94. The Labute approximate surface area is 140 Å². The SMILES string of the molecule is CNCCCC(=O)NCc1ccc(C)cc1OC(C)(C)C.Cl. The number of carbonyl (C=O) groups excluding carboxylic acids is 1. The molecule has 0 aromatic heterocycles. The van der Waals surface area contributed by atoms with Crippen LogP contribution in [0.15, 0.2) is 18.2 Å². The average molecular weight is 329 g/mol. The Morgan fingerprint density at radius 2 is 1.95 bits per heavy atom. The van der Waals surface area contributed by atoms with Crippen LogP contribution < -0.4 is 15.4 Å². The Kier molecular flexibility index (Phi) is 9.14. The minimum atomic E-state index is -0.251. The Bertz CT molecular complexity index is 470. The van der Waals surface area contributed by atoms with Crippen LogP contribution in [0.3, 0.4) is 0 Å². The van der Waals surface area contributed by atoms with Gasteiger partial charge in [-0.25, -0.2) is 0 Å². The van der Waals surface area contributed by atoms with Crippen LogP contribution in [0, 0.1) is 6.92 Å². The number of ether oxygens (including phenoxy) is 1. The quantitative estimate of drug-likeness (QED) is 0.756. The largest absolute Gasteiger partial charge is 0.488 e. The van der Waals surface area contributed by atoms with Gasteiger partial charge in [0.1, 0.15) is 11.4 Å². The molecule has 1 amide bonds. The molecule has 126 valence electrons. The zero-order chi connectivity index (χ0) is 15.9. The second kappa shape index (κ2) is 9.70. The number of amides is 1. The molecule has 0 radical (unpaired) electrons. The van der Waals surface area contributed by atoms with Crippen molar-refractivity contribution in [3.63, 3.8) is 0 Å². The van der Waals surface area contributed by atoms with Gasteiger partial charge in [0.25, 0.3) is 0 Å². The van der Waals surface area contributed by atoms with E-state index < -0.39 is 0 Å². The molecule has 1 aromatic rings. The van der Waals surface area contributed by atoms with Crippen LogP contribution in [0.5, 0.6) is 5.75 Å². The Hall–Kier alpha value is -1.26. The smallest absolute Gasteiger partial charge is 0.220 e. The van der Waals surface area contributed by atoms with Crippen molar-refractivity contribution in [3.05, 3.63) is 29.3 Å². The molecule has 0 heterocycles. The molecule has 0 saturated heterocycles. The third kappa shape index (κ3) is 8.25. The van der Waals surface area contributed by atoms with Crippen LogP contribution in [-0.2, 0) is 11.3 Å². The van der Waals surface area contributed by atoms with Crippen molar-refractivity contribution in [2.45, 2.75) is 52.7 Å². The summed E-state index contributed by atoms with van der Waals surface area (Å²) in [6.07, 6.45) is 1.39. The number of benzene rings is 1. The van der Waals surface area contributed by atoms with Crippen molar-refractivity contribution in [2.75, 3.05) is 13.6 Å². The van der Waals surface area contributed by atoms with E-state index >= 15 is 0 Å². The summed E-state index contributed by atoms with van der Waals surface area (Å²) in [5, 5.41) is 5.99. The lowest BCUT2D eigenvalue weighted by Crippen LogP contribution is -2.26. The molecule has 1 rings (SSSR count). The average Bonchev–Trinajstić information content (AvgIpc) is 2.36. The highest BCUT2D eigenvalue weighted by Gasteiger charge is 2.15. The van der Waals surface area contributed by atoms with Crippen molar-refractivity contribution in [1.82, 2.24) is 10.6 Å². The lowest BCUT2D eigenvalue weighted by atomic mass is 10.1. The van der Waals surface area contributed by atoms with Gasteiger partial charge in [-0.05, 0) is 59.3 Å². The maximum atomic E-state index is 11.8. The summed E-state index contributed by atoms with van der Waals surface area (Å²) in [7, 11) is 1.89. The van der Waals surface area contributed by atoms with Gasteiger partial charge in [0.05, 0.1) is 0 Å². The molecule has 2 N–H and O–H groups in total. The van der Waals surface area contributed by atoms with Gasteiger partial charge in [0, 0.05) is 18.5 Å². The minimum Gasteiger partial charge on any atom is -0.488 e. The molecule has 22 heavy (non-hydrogen) atoms. The van der Waals surface area contributed by atoms with E-state index in [1.54, 1.807) is 0 Å². The molecule has 0 aliphatic heterocycles. The molecule has 0 aliphatic carbocycles. The Morgan fingerprint density at radius 1 is 1.27 bits per heavy atom.